The Hall–Kier alpha value is -2.54. The van der Waals surface area contributed by atoms with Gasteiger partial charge in [0.2, 0.25) is 0 Å². The zero-order valence-electron chi connectivity index (χ0n) is 16.2. The molecule has 0 heterocycles. The van der Waals surface area contributed by atoms with Crippen molar-refractivity contribution in [1.82, 2.24) is 0 Å². The minimum Gasteiger partial charge on any atom is -0.461 e. The van der Waals surface area contributed by atoms with E-state index in [4.69, 9.17) is 15.9 Å². The molecule has 0 aliphatic carbocycles. The predicted octanol–water partition coefficient (Wildman–Crippen LogP) is 4.54. The van der Waals surface area contributed by atoms with E-state index in [1.165, 1.54) is 17.7 Å². The van der Waals surface area contributed by atoms with Gasteiger partial charge >= 0.3 is 11.9 Å². The Morgan fingerprint density at radius 2 is 1.58 bits per heavy atom. The maximum absolute atomic E-state index is 12.6. The highest BCUT2D eigenvalue weighted by atomic mass is 16.6. The summed E-state index contributed by atoms with van der Waals surface area (Å²) in [5.74, 6) is 1.02. The molecule has 0 fully saturated rings. The van der Waals surface area contributed by atoms with Gasteiger partial charge in [-0.15, -0.1) is 12.3 Å². The van der Waals surface area contributed by atoms with Gasteiger partial charge in [0.1, 0.15) is 13.2 Å². The largest absolute Gasteiger partial charge is 0.461 e. The molecule has 0 unspecified atom stereocenters. The average molecular weight is 358 g/mol. The van der Waals surface area contributed by atoms with E-state index in [2.05, 4.69) is 25.2 Å². The van der Waals surface area contributed by atoms with Gasteiger partial charge in [-0.1, -0.05) is 48.6 Å². The lowest BCUT2D eigenvalue weighted by Crippen LogP contribution is -2.41. The summed E-state index contributed by atoms with van der Waals surface area (Å²) >= 11 is 0. The third kappa shape index (κ3) is 8.02. The van der Waals surface area contributed by atoms with E-state index in [-0.39, 0.29) is 26.1 Å². The predicted molar refractivity (Wildman–Crippen MR) is 105 cm³/mol. The van der Waals surface area contributed by atoms with Gasteiger partial charge in [0.15, 0.2) is 5.41 Å². The Bertz CT molecular complexity index is 574. The number of carbonyl (C=O) groups is 2. The minimum atomic E-state index is -1.56. The van der Waals surface area contributed by atoms with Crippen LogP contribution in [0, 0.1) is 17.8 Å². The molecule has 26 heavy (non-hydrogen) atoms. The molecule has 0 radical (unpaired) electrons. The summed E-state index contributed by atoms with van der Waals surface area (Å²) in [6.07, 6.45) is 14.1. The highest BCUT2D eigenvalue weighted by molar-refractivity contribution is 6.00. The van der Waals surface area contributed by atoms with Crippen LogP contribution in [0.2, 0.25) is 0 Å². The molecule has 0 rings (SSSR count). The van der Waals surface area contributed by atoms with Crippen LogP contribution in [-0.2, 0) is 19.1 Å². The molecule has 0 aromatic rings. The van der Waals surface area contributed by atoms with Crippen LogP contribution in [0.1, 0.15) is 46.5 Å². The molecule has 0 amide bonds. The molecule has 0 atom stereocenters. The lowest BCUT2D eigenvalue weighted by Gasteiger charge is -2.26. The molecule has 0 aliphatic heterocycles. The summed E-state index contributed by atoms with van der Waals surface area (Å²) in [4.78, 5) is 25.2. The maximum atomic E-state index is 12.6. The van der Waals surface area contributed by atoms with E-state index in [1.54, 1.807) is 0 Å². The summed E-state index contributed by atoms with van der Waals surface area (Å²) < 4.78 is 10.3. The molecule has 0 aliphatic rings. The Balaban J connectivity index is 5.50. The zero-order valence-corrected chi connectivity index (χ0v) is 16.2. The van der Waals surface area contributed by atoms with Gasteiger partial charge in [0.25, 0.3) is 0 Å². The van der Waals surface area contributed by atoms with Crippen molar-refractivity contribution in [3.8, 4) is 12.3 Å². The molecule has 0 aromatic carbocycles. The number of hydrogen-bond donors (Lipinski definition) is 0. The highest BCUT2D eigenvalue weighted by Gasteiger charge is 2.47. The van der Waals surface area contributed by atoms with E-state index in [9.17, 15) is 9.59 Å². The first-order chi connectivity index (χ1) is 12.3. The van der Waals surface area contributed by atoms with Crippen molar-refractivity contribution in [3.63, 3.8) is 0 Å². The summed E-state index contributed by atoms with van der Waals surface area (Å²) in [6.45, 7) is 13.1. The maximum Gasteiger partial charge on any atom is 0.325 e. The third-order valence-electron chi connectivity index (χ3n) is 3.74. The van der Waals surface area contributed by atoms with Gasteiger partial charge in [-0.2, -0.15) is 0 Å². The lowest BCUT2D eigenvalue weighted by atomic mass is 9.80. The monoisotopic (exact) mass is 358 g/mol. The fourth-order valence-corrected chi connectivity index (χ4v) is 2.23. The fraction of sp³-hybridized carbons (Fsp3) is 0.455. The van der Waals surface area contributed by atoms with Crippen LogP contribution < -0.4 is 0 Å². The second-order valence-electron chi connectivity index (χ2n) is 6.31. The van der Waals surface area contributed by atoms with Crippen LogP contribution in [-0.4, -0.2) is 25.2 Å². The molecule has 0 aromatic heterocycles. The number of allylic oxidation sites excluding steroid dienone is 4. The first-order valence-electron chi connectivity index (χ1n) is 8.62. The van der Waals surface area contributed by atoms with E-state index in [0.717, 1.165) is 18.4 Å². The van der Waals surface area contributed by atoms with Gasteiger partial charge in [0.05, 0.1) is 0 Å². The van der Waals surface area contributed by atoms with E-state index in [1.807, 2.05) is 26.8 Å². The molecule has 142 valence electrons. The molecule has 0 saturated carbocycles. The van der Waals surface area contributed by atoms with E-state index in [0.29, 0.717) is 0 Å². The standard InChI is InChI=1S/C22H30O4/c1-7-14-22(20(23)25-16-8-2,21(24)26-17-9-3)15-13-19(6)12-10-11-18(4)5/h1,8-9,11,13H,2-3,10,12,14-17H2,4-6H3/b19-13+. The second kappa shape index (κ2) is 12.8. The number of rotatable bonds is 12. The zero-order chi connectivity index (χ0) is 20.0. The van der Waals surface area contributed by atoms with Crippen LogP contribution >= 0.6 is 0 Å². The van der Waals surface area contributed by atoms with Gasteiger partial charge in [-0.05, 0) is 40.0 Å². The van der Waals surface area contributed by atoms with Crippen molar-refractivity contribution in [3.05, 3.63) is 48.6 Å². The SMILES string of the molecule is C#CCC(C/C=C(\C)CCC=C(C)C)(C(=O)OCC=C)C(=O)OCC=C. The van der Waals surface area contributed by atoms with Crippen molar-refractivity contribution < 1.29 is 19.1 Å². The normalized spacial score (nSPS) is 11.1. The smallest absolute Gasteiger partial charge is 0.325 e. The van der Waals surface area contributed by atoms with Crippen LogP contribution in [0.15, 0.2) is 48.6 Å². The second-order valence-corrected chi connectivity index (χ2v) is 6.31. The number of carbonyl (C=O) groups excluding carboxylic acids is 2. The quantitative estimate of drug-likeness (QED) is 0.222. The van der Waals surface area contributed by atoms with Crippen molar-refractivity contribution >= 4 is 11.9 Å². The summed E-state index contributed by atoms with van der Waals surface area (Å²) in [5.41, 5.74) is 0.760. The molecule has 0 N–H and O–H groups in total. The number of hydrogen-bond acceptors (Lipinski definition) is 4. The molecular formula is C22H30O4. The van der Waals surface area contributed by atoms with Crippen molar-refractivity contribution in [2.45, 2.75) is 46.5 Å². The van der Waals surface area contributed by atoms with Gasteiger partial charge in [-0.25, -0.2) is 0 Å². The first kappa shape index (κ1) is 23.5. The van der Waals surface area contributed by atoms with Crippen LogP contribution in [0.4, 0.5) is 0 Å². The fourth-order valence-electron chi connectivity index (χ4n) is 2.23. The van der Waals surface area contributed by atoms with Crippen molar-refractivity contribution in [2.75, 3.05) is 13.2 Å². The number of esters is 2. The lowest BCUT2D eigenvalue weighted by molar-refractivity contribution is -0.170. The third-order valence-corrected chi connectivity index (χ3v) is 3.74. The Kier molecular flexibility index (Phi) is 11.5. The van der Waals surface area contributed by atoms with E-state index >= 15 is 0 Å². The molecule has 4 heteroatoms. The topological polar surface area (TPSA) is 52.6 Å². The Morgan fingerprint density at radius 3 is 2.00 bits per heavy atom. The van der Waals surface area contributed by atoms with Crippen molar-refractivity contribution in [2.24, 2.45) is 5.41 Å². The first-order valence-corrected chi connectivity index (χ1v) is 8.62. The summed E-state index contributed by atoms with van der Waals surface area (Å²) in [7, 11) is 0. The van der Waals surface area contributed by atoms with Gasteiger partial charge in [-0.3, -0.25) is 9.59 Å². The molecular weight excluding hydrogens is 328 g/mol. The van der Waals surface area contributed by atoms with Crippen LogP contribution in [0.5, 0.6) is 0 Å². The molecule has 0 bridgehead atoms. The minimum absolute atomic E-state index is 0.00314. The van der Waals surface area contributed by atoms with Crippen molar-refractivity contribution in [1.29, 1.82) is 0 Å². The Morgan fingerprint density at radius 1 is 1.04 bits per heavy atom. The number of ether oxygens (including phenoxy) is 2. The van der Waals surface area contributed by atoms with Crippen LogP contribution in [0.25, 0.3) is 0 Å². The molecule has 4 nitrogen and oxygen atoms in total. The Labute approximate surface area is 157 Å². The van der Waals surface area contributed by atoms with Gasteiger partial charge in [0, 0.05) is 6.42 Å². The summed E-state index contributed by atoms with van der Waals surface area (Å²) in [6, 6.07) is 0. The summed E-state index contributed by atoms with van der Waals surface area (Å²) in [5, 5.41) is 0. The molecule has 0 spiro atoms. The van der Waals surface area contributed by atoms with E-state index < -0.39 is 17.4 Å². The molecule has 0 saturated heterocycles. The average Bonchev–Trinajstić information content (AvgIpc) is 2.60. The number of terminal acetylenes is 1. The highest BCUT2D eigenvalue weighted by Crippen LogP contribution is 2.32. The van der Waals surface area contributed by atoms with Crippen LogP contribution in [0.3, 0.4) is 0 Å². The van der Waals surface area contributed by atoms with Gasteiger partial charge < -0.3 is 9.47 Å².